The zero-order valence-corrected chi connectivity index (χ0v) is 9.23. The second-order valence-corrected chi connectivity index (χ2v) is 3.35. The molecule has 0 aliphatic heterocycles. The molecule has 1 unspecified atom stereocenters. The molecule has 5 nitrogen and oxygen atoms in total. The number of ether oxygens (including phenoxy) is 1. The van der Waals surface area contributed by atoms with Gasteiger partial charge in [0.2, 0.25) is 11.8 Å². The number of rotatable bonds is 6. The van der Waals surface area contributed by atoms with Gasteiger partial charge in [0, 0.05) is 24.8 Å². The molecule has 0 aliphatic carbocycles. The quantitative estimate of drug-likeness (QED) is 0.733. The van der Waals surface area contributed by atoms with Crippen molar-refractivity contribution in [2.24, 2.45) is 5.73 Å². The maximum Gasteiger partial charge on any atom is 0.225 e. The van der Waals surface area contributed by atoms with Gasteiger partial charge < -0.3 is 15.8 Å². The fourth-order valence-corrected chi connectivity index (χ4v) is 1.24. The lowest BCUT2D eigenvalue weighted by Gasteiger charge is -2.11. The highest BCUT2D eigenvalue weighted by atomic mass is 16.5. The van der Waals surface area contributed by atoms with E-state index >= 15 is 0 Å². The number of aromatic nitrogens is 2. The molecule has 3 N–H and O–H groups in total. The van der Waals surface area contributed by atoms with E-state index < -0.39 is 0 Å². The number of nitrogens with zero attached hydrogens (tertiary/aromatic N) is 2. The van der Waals surface area contributed by atoms with E-state index in [0.717, 1.165) is 12.8 Å². The van der Waals surface area contributed by atoms with Gasteiger partial charge in [-0.05, 0) is 6.42 Å². The highest BCUT2D eigenvalue weighted by molar-refractivity contribution is 5.27. The smallest absolute Gasteiger partial charge is 0.225 e. The van der Waals surface area contributed by atoms with Crippen molar-refractivity contribution in [1.82, 2.24) is 9.97 Å². The molecule has 1 aromatic heterocycles. The van der Waals surface area contributed by atoms with Crippen LogP contribution in [-0.4, -0.2) is 29.7 Å². The lowest BCUT2D eigenvalue weighted by atomic mass is 10.2. The Balaban J connectivity index is 2.43. The molecule has 5 heteroatoms. The van der Waals surface area contributed by atoms with E-state index in [-0.39, 0.29) is 6.04 Å². The van der Waals surface area contributed by atoms with Crippen LogP contribution in [0.1, 0.15) is 19.8 Å². The summed E-state index contributed by atoms with van der Waals surface area (Å²) in [4.78, 5) is 8.18. The van der Waals surface area contributed by atoms with E-state index in [9.17, 15) is 0 Å². The first kappa shape index (κ1) is 11.7. The van der Waals surface area contributed by atoms with Crippen LogP contribution in [0.2, 0.25) is 0 Å². The van der Waals surface area contributed by atoms with E-state index in [1.807, 2.05) is 0 Å². The molecule has 1 rings (SSSR count). The first-order chi connectivity index (χ1) is 7.26. The summed E-state index contributed by atoms with van der Waals surface area (Å²) in [6.07, 6.45) is 3.73. The summed E-state index contributed by atoms with van der Waals surface area (Å²) in [6, 6.07) is 1.85. The molecule has 0 bridgehead atoms. The van der Waals surface area contributed by atoms with Crippen LogP contribution >= 0.6 is 0 Å². The summed E-state index contributed by atoms with van der Waals surface area (Å²) in [7, 11) is 1.58. The average Bonchev–Trinajstić information content (AvgIpc) is 2.27. The second kappa shape index (κ2) is 6.19. The first-order valence-electron chi connectivity index (χ1n) is 5.12. The molecule has 0 fully saturated rings. The molecular formula is C10H18N4O. The first-order valence-corrected chi connectivity index (χ1v) is 5.12. The van der Waals surface area contributed by atoms with E-state index in [1.54, 1.807) is 19.4 Å². The van der Waals surface area contributed by atoms with Crippen LogP contribution in [0, 0.1) is 0 Å². The third-order valence-electron chi connectivity index (χ3n) is 2.02. The minimum absolute atomic E-state index is 0.143. The number of hydrogen-bond donors (Lipinski definition) is 2. The molecule has 84 valence electrons. The highest BCUT2D eigenvalue weighted by Gasteiger charge is 2.02. The monoisotopic (exact) mass is 210 g/mol. The standard InChI is InChI=1S/C10H18N4O/c1-3-4-8(11)7-13-10-12-6-5-9(14-10)15-2/h5-6,8H,3-4,7,11H2,1-2H3,(H,12,13,14). The summed E-state index contributed by atoms with van der Waals surface area (Å²) in [5, 5.41) is 3.08. The summed E-state index contributed by atoms with van der Waals surface area (Å²) in [5.74, 6) is 1.11. The minimum atomic E-state index is 0.143. The predicted octanol–water partition coefficient (Wildman–Crippen LogP) is 1.02. The molecule has 0 amide bonds. The van der Waals surface area contributed by atoms with Crippen LogP contribution in [0.25, 0.3) is 0 Å². The maximum absolute atomic E-state index is 5.85. The van der Waals surface area contributed by atoms with Crippen LogP contribution in [0.4, 0.5) is 5.95 Å². The van der Waals surface area contributed by atoms with Crippen molar-refractivity contribution >= 4 is 5.95 Å². The molecule has 0 saturated heterocycles. The predicted molar refractivity (Wildman–Crippen MR) is 60.0 cm³/mol. The third-order valence-corrected chi connectivity index (χ3v) is 2.02. The molecule has 15 heavy (non-hydrogen) atoms. The SMILES string of the molecule is CCCC(N)CNc1nccc(OC)n1. The van der Waals surface area contributed by atoms with Crippen molar-refractivity contribution in [2.45, 2.75) is 25.8 Å². The van der Waals surface area contributed by atoms with Crippen molar-refractivity contribution in [3.05, 3.63) is 12.3 Å². The van der Waals surface area contributed by atoms with Gasteiger partial charge in [0.1, 0.15) is 0 Å². The largest absolute Gasteiger partial charge is 0.481 e. The van der Waals surface area contributed by atoms with Gasteiger partial charge in [-0.15, -0.1) is 0 Å². The molecule has 1 aromatic rings. The molecule has 1 heterocycles. The molecule has 0 aromatic carbocycles. The summed E-state index contributed by atoms with van der Waals surface area (Å²) in [6.45, 7) is 2.79. The van der Waals surface area contributed by atoms with E-state index in [4.69, 9.17) is 10.5 Å². The highest BCUT2D eigenvalue weighted by Crippen LogP contribution is 2.07. The second-order valence-electron chi connectivity index (χ2n) is 3.35. The lowest BCUT2D eigenvalue weighted by molar-refractivity contribution is 0.397. The summed E-state index contributed by atoms with van der Waals surface area (Å²) >= 11 is 0. The average molecular weight is 210 g/mol. The Morgan fingerprint density at radius 1 is 1.60 bits per heavy atom. The van der Waals surface area contributed by atoms with E-state index in [1.165, 1.54) is 0 Å². The Hall–Kier alpha value is -1.36. The normalized spacial score (nSPS) is 12.2. The molecule has 0 radical (unpaired) electrons. The Morgan fingerprint density at radius 2 is 2.40 bits per heavy atom. The van der Waals surface area contributed by atoms with E-state index in [2.05, 4.69) is 22.2 Å². The van der Waals surface area contributed by atoms with Gasteiger partial charge in [0.15, 0.2) is 0 Å². The van der Waals surface area contributed by atoms with Gasteiger partial charge >= 0.3 is 0 Å². The van der Waals surface area contributed by atoms with Gasteiger partial charge in [-0.25, -0.2) is 4.98 Å². The van der Waals surface area contributed by atoms with Crippen LogP contribution in [-0.2, 0) is 0 Å². The van der Waals surface area contributed by atoms with Crippen molar-refractivity contribution in [3.8, 4) is 5.88 Å². The number of nitrogens with two attached hydrogens (primary N) is 1. The van der Waals surface area contributed by atoms with Gasteiger partial charge in [-0.1, -0.05) is 13.3 Å². The fraction of sp³-hybridized carbons (Fsp3) is 0.600. The summed E-state index contributed by atoms with van der Waals surface area (Å²) < 4.78 is 4.99. The number of methoxy groups -OCH3 is 1. The van der Waals surface area contributed by atoms with Crippen molar-refractivity contribution < 1.29 is 4.74 Å². The zero-order valence-electron chi connectivity index (χ0n) is 9.23. The van der Waals surface area contributed by atoms with E-state index in [0.29, 0.717) is 18.4 Å². The third kappa shape index (κ3) is 4.12. The Kier molecular flexibility index (Phi) is 4.83. The lowest BCUT2D eigenvalue weighted by Crippen LogP contribution is -2.29. The molecule has 0 spiro atoms. The topological polar surface area (TPSA) is 73.1 Å². The van der Waals surface area contributed by atoms with Gasteiger partial charge in [-0.3, -0.25) is 0 Å². The van der Waals surface area contributed by atoms with Gasteiger partial charge in [0.05, 0.1) is 7.11 Å². The molecule has 1 atom stereocenters. The van der Waals surface area contributed by atoms with Gasteiger partial charge in [-0.2, -0.15) is 4.98 Å². The zero-order chi connectivity index (χ0) is 11.1. The Morgan fingerprint density at radius 3 is 3.07 bits per heavy atom. The maximum atomic E-state index is 5.85. The number of nitrogens with one attached hydrogen (secondary N) is 1. The van der Waals surface area contributed by atoms with Crippen molar-refractivity contribution in [3.63, 3.8) is 0 Å². The molecule has 0 saturated carbocycles. The van der Waals surface area contributed by atoms with Crippen molar-refractivity contribution in [1.29, 1.82) is 0 Å². The number of hydrogen-bond acceptors (Lipinski definition) is 5. The van der Waals surface area contributed by atoms with Crippen LogP contribution < -0.4 is 15.8 Å². The Labute approximate surface area is 90.1 Å². The number of anilines is 1. The minimum Gasteiger partial charge on any atom is -0.481 e. The van der Waals surface area contributed by atoms with Crippen LogP contribution in [0.5, 0.6) is 5.88 Å². The van der Waals surface area contributed by atoms with Crippen LogP contribution in [0.15, 0.2) is 12.3 Å². The molecule has 0 aliphatic rings. The molecular weight excluding hydrogens is 192 g/mol. The van der Waals surface area contributed by atoms with Crippen LogP contribution in [0.3, 0.4) is 0 Å². The fourth-order valence-electron chi connectivity index (χ4n) is 1.24. The Bertz CT molecular complexity index is 293. The summed E-state index contributed by atoms with van der Waals surface area (Å²) in [5.41, 5.74) is 5.85. The van der Waals surface area contributed by atoms with Gasteiger partial charge in [0.25, 0.3) is 0 Å². The van der Waals surface area contributed by atoms with Crippen molar-refractivity contribution in [2.75, 3.05) is 19.0 Å².